The summed E-state index contributed by atoms with van der Waals surface area (Å²) in [5.41, 5.74) is 7.09. The maximum absolute atomic E-state index is 3.39. The molecular weight excluding hydrogens is 268 g/mol. The van der Waals surface area contributed by atoms with Crippen LogP contribution >= 0.6 is 0 Å². The van der Waals surface area contributed by atoms with Crippen LogP contribution in [-0.2, 0) is 0 Å². The number of benzene rings is 2. The number of aromatic nitrogens is 2. The predicted octanol–water partition coefficient (Wildman–Crippen LogP) is 5.34. The monoisotopic (exact) mass is 284 g/mol. The third kappa shape index (κ3) is 2.15. The lowest BCUT2D eigenvalue weighted by Gasteiger charge is -2.07. The maximum Gasteiger partial charge on any atom is 0.0705 e. The molecule has 0 saturated carbocycles. The molecule has 2 aromatic heterocycles. The van der Waals surface area contributed by atoms with E-state index in [9.17, 15) is 0 Å². The molecule has 0 unspecified atom stereocenters. The Bertz CT molecular complexity index is 794. The molecule has 0 aliphatic heterocycles. The summed E-state index contributed by atoms with van der Waals surface area (Å²) >= 11 is 0. The number of H-pyrrole nitrogens is 2. The first-order chi connectivity index (χ1) is 10.9. The van der Waals surface area contributed by atoms with Gasteiger partial charge in [0, 0.05) is 23.5 Å². The zero-order chi connectivity index (χ0) is 14.8. The van der Waals surface area contributed by atoms with Crippen LogP contribution in [0.5, 0.6) is 0 Å². The van der Waals surface area contributed by atoms with Crippen molar-refractivity contribution in [1.29, 1.82) is 0 Å². The van der Waals surface area contributed by atoms with Crippen LogP contribution in [0.3, 0.4) is 0 Å². The molecule has 0 atom stereocenters. The lowest BCUT2D eigenvalue weighted by Crippen LogP contribution is -1.85. The number of nitrogens with one attached hydrogen (secondary N) is 2. The molecule has 4 aromatic rings. The van der Waals surface area contributed by atoms with Gasteiger partial charge in [-0.15, -0.1) is 0 Å². The van der Waals surface area contributed by atoms with Crippen LogP contribution in [-0.4, -0.2) is 9.97 Å². The molecule has 106 valence electrons. The van der Waals surface area contributed by atoms with Gasteiger partial charge < -0.3 is 9.97 Å². The van der Waals surface area contributed by atoms with E-state index >= 15 is 0 Å². The van der Waals surface area contributed by atoms with Gasteiger partial charge in [-0.3, -0.25) is 0 Å². The van der Waals surface area contributed by atoms with Crippen molar-refractivity contribution in [1.82, 2.24) is 9.97 Å². The van der Waals surface area contributed by atoms with Crippen molar-refractivity contribution in [2.75, 3.05) is 0 Å². The van der Waals surface area contributed by atoms with Gasteiger partial charge in [0.1, 0.15) is 0 Å². The van der Waals surface area contributed by atoms with E-state index in [1.807, 2.05) is 24.5 Å². The average Bonchev–Trinajstić information content (AvgIpc) is 3.25. The van der Waals surface area contributed by atoms with Gasteiger partial charge in [-0.05, 0) is 23.3 Å². The van der Waals surface area contributed by atoms with Crippen molar-refractivity contribution in [2.24, 2.45) is 0 Å². The van der Waals surface area contributed by atoms with Crippen LogP contribution in [0.2, 0.25) is 0 Å². The topological polar surface area (TPSA) is 31.6 Å². The predicted molar refractivity (Wildman–Crippen MR) is 91.5 cm³/mol. The first-order valence-corrected chi connectivity index (χ1v) is 7.39. The summed E-state index contributed by atoms with van der Waals surface area (Å²) in [6.07, 6.45) is 3.99. The van der Waals surface area contributed by atoms with Crippen LogP contribution in [0.4, 0.5) is 0 Å². The number of hydrogen-bond donors (Lipinski definition) is 2. The first kappa shape index (κ1) is 12.7. The Hall–Kier alpha value is -3.00. The zero-order valence-corrected chi connectivity index (χ0v) is 12.1. The number of rotatable bonds is 3. The molecule has 4 rings (SSSR count). The summed E-state index contributed by atoms with van der Waals surface area (Å²) in [4.78, 5) is 6.77. The van der Waals surface area contributed by atoms with E-state index in [0.29, 0.717) is 0 Å². The number of aromatic amines is 2. The van der Waals surface area contributed by atoms with Crippen molar-refractivity contribution in [2.45, 2.75) is 0 Å². The highest BCUT2D eigenvalue weighted by molar-refractivity contribution is 5.88. The van der Waals surface area contributed by atoms with Gasteiger partial charge in [0.05, 0.1) is 11.4 Å². The fourth-order valence-electron chi connectivity index (χ4n) is 2.87. The minimum absolute atomic E-state index is 1.12. The lowest BCUT2D eigenvalue weighted by molar-refractivity contribution is 1.33. The molecule has 0 bridgehead atoms. The zero-order valence-electron chi connectivity index (χ0n) is 12.1. The molecule has 0 spiro atoms. The van der Waals surface area contributed by atoms with E-state index in [4.69, 9.17) is 0 Å². The molecular formula is C20H16N2. The first-order valence-electron chi connectivity index (χ1n) is 7.39. The molecule has 0 saturated heterocycles. The van der Waals surface area contributed by atoms with Crippen LogP contribution in [0.1, 0.15) is 0 Å². The fourth-order valence-corrected chi connectivity index (χ4v) is 2.87. The van der Waals surface area contributed by atoms with Gasteiger partial charge in [-0.2, -0.15) is 0 Å². The highest BCUT2D eigenvalue weighted by Gasteiger charge is 2.14. The average molecular weight is 284 g/mol. The largest absolute Gasteiger partial charge is 0.359 e. The van der Waals surface area contributed by atoms with Gasteiger partial charge >= 0.3 is 0 Å². The molecule has 0 aliphatic rings. The van der Waals surface area contributed by atoms with Crippen molar-refractivity contribution in [3.8, 4) is 33.6 Å². The molecule has 2 heterocycles. The third-order valence-electron chi connectivity index (χ3n) is 3.91. The highest BCUT2D eigenvalue weighted by atomic mass is 14.8. The molecule has 2 heteroatoms. The molecule has 2 N–H and O–H groups in total. The lowest BCUT2D eigenvalue weighted by atomic mass is 10.00. The molecule has 22 heavy (non-hydrogen) atoms. The van der Waals surface area contributed by atoms with Crippen LogP contribution in [0, 0.1) is 0 Å². The van der Waals surface area contributed by atoms with Gasteiger partial charge in [-0.1, -0.05) is 60.7 Å². The number of hydrogen-bond acceptors (Lipinski definition) is 0. The van der Waals surface area contributed by atoms with Crippen LogP contribution < -0.4 is 0 Å². The Morgan fingerprint density at radius 2 is 0.864 bits per heavy atom. The molecule has 0 radical (unpaired) electrons. The molecule has 0 amide bonds. The SMILES string of the molecule is c1ccc(-c2cc[nH]c2-c2[nH]ccc2-c2ccccc2)cc1. The summed E-state index contributed by atoms with van der Waals surface area (Å²) in [7, 11) is 0. The summed E-state index contributed by atoms with van der Waals surface area (Å²) in [6, 6.07) is 25.2. The Kier molecular flexibility index (Phi) is 3.13. The van der Waals surface area contributed by atoms with Crippen molar-refractivity contribution in [3.63, 3.8) is 0 Å². The van der Waals surface area contributed by atoms with E-state index in [1.165, 1.54) is 22.3 Å². The molecule has 2 aromatic carbocycles. The Morgan fingerprint density at radius 3 is 1.27 bits per heavy atom. The second-order valence-corrected chi connectivity index (χ2v) is 5.26. The van der Waals surface area contributed by atoms with E-state index < -0.39 is 0 Å². The Balaban J connectivity index is 1.86. The van der Waals surface area contributed by atoms with Gasteiger partial charge in [-0.25, -0.2) is 0 Å². The normalized spacial score (nSPS) is 10.7. The van der Waals surface area contributed by atoms with Crippen LogP contribution in [0.25, 0.3) is 33.6 Å². The molecule has 2 nitrogen and oxygen atoms in total. The summed E-state index contributed by atoms with van der Waals surface area (Å²) in [6.45, 7) is 0. The smallest absolute Gasteiger partial charge is 0.0705 e. The van der Waals surface area contributed by atoms with Crippen molar-refractivity contribution in [3.05, 3.63) is 85.2 Å². The summed E-state index contributed by atoms with van der Waals surface area (Å²) < 4.78 is 0. The highest BCUT2D eigenvalue weighted by Crippen LogP contribution is 2.36. The van der Waals surface area contributed by atoms with Crippen molar-refractivity contribution >= 4 is 0 Å². The van der Waals surface area contributed by atoms with Crippen LogP contribution in [0.15, 0.2) is 85.2 Å². The van der Waals surface area contributed by atoms with Crippen molar-refractivity contribution < 1.29 is 0 Å². The fraction of sp³-hybridized carbons (Fsp3) is 0. The Labute approximate surface area is 129 Å². The van der Waals surface area contributed by atoms with E-state index in [2.05, 4.69) is 70.6 Å². The van der Waals surface area contributed by atoms with Gasteiger partial charge in [0.2, 0.25) is 0 Å². The van der Waals surface area contributed by atoms with Gasteiger partial charge in [0.15, 0.2) is 0 Å². The van der Waals surface area contributed by atoms with Gasteiger partial charge in [0.25, 0.3) is 0 Å². The maximum atomic E-state index is 3.39. The van der Waals surface area contributed by atoms with E-state index in [0.717, 1.165) is 11.4 Å². The second-order valence-electron chi connectivity index (χ2n) is 5.26. The second kappa shape index (κ2) is 5.41. The minimum atomic E-state index is 1.12. The molecule has 0 aliphatic carbocycles. The standard InChI is InChI=1S/C20H16N2/c1-3-7-15(8-4-1)17-11-13-21-19(17)20-18(12-14-22-20)16-9-5-2-6-10-16/h1-14,21-22H. The third-order valence-corrected chi connectivity index (χ3v) is 3.91. The van der Waals surface area contributed by atoms with E-state index in [1.54, 1.807) is 0 Å². The summed E-state index contributed by atoms with van der Waals surface area (Å²) in [5.74, 6) is 0. The Morgan fingerprint density at radius 1 is 0.455 bits per heavy atom. The molecule has 0 fully saturated rings. The quantitative estimate of drug-likeness (QED) is 0.508. The summed E-state index contributed by atoms with van der Waals surface area (Å²) in [5, 5.41) is 0. The van der Waals surface area contributed by atoms with E-state index in [-0.39, 0.29) is 0 Å². The minimum Gasteiger partial charge on any atom is -0.359 e.